The molecular formula is C22H33BrN2O4. The summed E-state index contributed by atoms with van der Waals surface area (Å²) in [5.41, 5.74) is -1.10. The molecule has 0 aromatic heterocycles. The molecule has 1 fully saturated rings. The number of nitrogens with one attached hydrogen (secondary N) is 1. The van der Waals surface area contributed by atoms with Gasteiger partial charge in [-0.15, -0.1) is 0 Å². The highest BCUT2D eigenvalue weighted by atomic mass is 79.9. The Hall–Kier alpha value is -1.44. The van der Waals surface area contributed by atoms with Gasteiger partial charge in [0.25, 0.3) is 0 Å². The van der Waals surface area contributed by atoms with E-state index in [4.69, 9.17) is 4.74 Å². The van der Waals surface area contributed by atoms with Crippen molar-refractivity contribution in [2.45, 2.75) is 70.6 Å². The van der Waals surface area contributed by atoms with E-state index in [2.05, 4.69) is 21.2 Å². The molecule has 1 aliphatic heterocycles. The van der Waals surface area contributed by atoms with Crippen molar-refractivity contribution in [3.05, 3.63) is 34.3 Å². The molecule has 1 aliphatic rings. The maximum absolute atomic E-state index is 13.8. The lowest BCUT2D eigenvalue weighted by atomic mass is 9.74. The highest BCUT2D eigenvalue weighted by Gasteiger charge is 2.45. The molecule has 1 aromatic rings. The van der Waals surface area contributed by atoms with Gasteiger partial charge in [-0.1, -0.05) is 41.9 Å². The maximum atomic E-state index is 13.8. The van der Waals surface area contributed by atoms with E-state index >= 15 is 0 Å². The Morgan fingerprint density at radius 3 is 2.52 bits per heavy atom. The number of benzene rings is 1. The van der Waals surface area contributed by atoms with Gasteiger partial charge >= 0.3 is 6.09 Å². The fourth-order valence-corrected chi connectivity index (χ4v) is 4.19. The molecule has 0 radical (unpaired) electrons. The predicted octanol–water partition coefficient (Wildman–Crippen LogP) is 3.86. The molecule has 0 spiro atoms. The Morgan fingerprint density at radius 1 is 1.31 bits per heavy atom. The van der Waals surface area contributed by atoms with Crippen LogP contribution in [0, 0.1) is 0 Å². The number of carbonyl (C=O) groups excluding carboxylic acids is 2. The zero-order valence-corrected chi connectivity index (χ0v) is 19.6. The smallest absolute Gasteiger partial charge is 0.410 e. The second-order valence-electron chi connectivity index (χ2n) is 8.59. The minimum Gasteiger partial charge on any atom is -0.444 e. The van der Waals surface area contributed by atoms with Crippen molar-refractivity contribution in [1.82, 2.24) is 10.2 Å². The Kier molecular flexibility index (Phi) is 7.87. The third-order valence-corrected chi connectivity index (χ3v) is 5.92. The summed E-state index contributed by atoms with van der Waals surface area (Å²) in [5.74, 6) is -0.919. The van der Waals surface area contributed by atoms with E-state index in [0.717, 1.165) is 10.0 Å². The molecule has 0 bridgehead atoms. The topological polar surface area (TPSA) is 78.9 Å². The number of ketones is 1. The van der Waals surface area contributed by atoms with Gasteiger partial charge < -0.3 is 15.2 Å². The molecule has 29 heavy (non-hydrogen) atoms. The van der Waals surface area contributed by atoms with Gasteiger partial charge in [-0.05, 0) is 51.3 Å². The molecule has 7 heteroatoms. The molecular weight excluding hydrogens is 436 g/mol. The number of ether oxygens (including phenoxy) is 1. The quantitative estimate of drug-likeness (QED) is 0.662. The number of aliphatic hydroxyl groups is 1. The molecule has 1 amide bonds. The first-order valence-corrected chi connectivity index (χ1v) is 11.0. The summed E-state index contributed by atoms with van der Waals surface area (Å²) in [7, 11) is 0. The van der Waals surface area contributed by atoms with Crippen LogP contribution < -0.4 is 5.32 Å². The van der Waals surface area contributed by atoms with E-state index in [1.807, 2.05) is 38.1 Å². The number of hydrogen-bond donors (Lipinski definition) is 2. The van der Waals surface area contributed by atoms with Crippen LogP contribution in [0.1, 0.15) is 58.9 Å². The number of piperazine rings is 1. The van der Waals surface area contributed by atoms with Crippen LogP contribution in [0.3, 0.4) is 0 Å². The van der Waals surface area contributed by atoms with E-state index in [1.54, 1.807) is 20.8 Å². The molecule has 0 saturated carbocycles. The zero-order chi connectivity index (χ0) is 21.8. The zero-order valence-electron chi connectivity index (χ0n) is 18.0. The first-order chi connectivity index (χ1) is 13.5. The molecule has 2 atom stereocenters. The van der Waals surface area contributed by atoms with Crippen LogP contribution >= 0.6 is 15.9 Å². The van der Waals surface area contributed by atoms with Crippen LogP contribution in [-0.4, -0.2) is 58.8 Å². The highest BCUT2D eigenvalue weighted by molar-refractivity contribution is 9.10. The Labute approximate surface area is 182 Å². The van der Waals surface area contributed by atoms with Crippen LogP contribution in [0.2, 0.25) is 0 Å². The number of carbonyl (C=O) groups is 2. The Bertz CT molecular complexity index is 728. The van der Waals surface area contributed by atoms with Gasteiger partial charge in [-0.25, -0.2) is 4.79 Å². The Balaban J connectivity index is 2.43. The van der Waals surface area contributed by atoms with Crippen LogP contribution in [0.5, 0.6) is 0 Å². The number of hydrogen-bond acceptors (Lipinski definition) is 5. The maximum Gasteiger partial charge on any atom is 0.410 e. The standard InChI is InChI=1S/C22H33BrN2O4/c1-6-22(28,7-2)18(15-9-8-10-16(23)13-15)19(26)17-14-24-11-12-25(17)20(27)29-21(3,4)5/h8-10,13,17-18,24,28H,6-7,11-12,14H2,1-5H3. The fraction of sp³-hybridized carbons (Fsp3) is 0.636. The van der Waals surface area contributed by atoms with Crippen molar-refractivity contribution in [3.63, 3.8) is 0 Å². The highest BCUT2D eigenvalue weighted by Crippen LogP contribution is 2.37. The molecule has 2 N–H and O–H groups in total. The lowest BCUT2D eigenvalue weighted by molar-refractivity contribution is -0.133. The Morgan fingerprint density at radius 2 is 1.97 bits per heavy atom. The predicted molar refractivity (Wildman–Crippen MR) is 117 cm³/mol. The summed E-state index contributed by atoms with van der Waals surface area (Å²) in [6, 6.07) is 6.77. The van der Waals surface area contributed by atoms with Crippen molar-refractivity contribution in [3.8, 4) is 0 Å². The number of halogens is 1. The van der Waals surface area contributed by atoms with E-state index < -0.39 is 29.3 Å². The second-order valence-corrected chi connectivity index (χ2v) is 9.51. The largest absolute Gasteiger partial charge is 0.444 e. The van der Waals surface area contributed by atoms with E-state index in [9.17, 15) is 14.7 Å². The lowest BCUT2D eigenvalue weighted by Crippen LogP contribution is -2.60. The van der Waals surface area contributed by atoms with Gasteiger partial charge in [0, 0.05) is 24.1 Å². The van der Waals surface area contributed by atoms with E-state index in [-0.39, 0.29) is 5.78 Å². The average molecular weight is 469 g/mol. The van der Waals surface area contributed by atoms with E-state index in [1.165, 1.54) is 4.90 Å². The summed E-state index contributed by atoms with van der Waals surface area (Å²) in [4.78, 5) is 28.1. The van der Waals surface area contributed by atoms with Gasteiger partial charge in [0.15, 0.2) is 5.78 Å². The summed E-state index contributed by atoms with van der Waals surface area (Å²) < 4.78 is 6.38. The third kappa shape index (κ3) is 5.80. The molecule has 6 nitrogen and oxygen atoms in total. The summed E-state index contributed by atoms with van der Waals surface area (Å²) in [6.07, 6.45) is 0.361. The molecule has 162 valence electrons. The fourth-order valence-electron chi connectivity index (χ4n) is 3.77. The lowest BCUT2D eigenvalue weighted by Gasteiger charge is -2.41. The first kappa shape index (κ1) is 23.8. The molecule has 1 aromatic carbocycles. The minimum absolute atomic E-state index is 0.174. The minimum atomic E-state index is -1.20. The number of rotatable bonds is 6. The van der Waals surface area contributed by atoms with Crippen LogP contribution in [-0.2, 0) is 9.53 Å². The van der Waals surface area contributed by atoms with Crippen molar-refractivity contribution in [2.75, 3.05) is 19.6 Å². The molecule has 1 saturated heterocycles. The van der Waals surface area contributed by atoms with Crippen molar-refractivity contribution in [2.24, 2.45) is 0 Å². The first-order valence-electron chi connectivity index (χ1n) is 10.2. The normalized spacial score (nSPS) is 19.0. The number of Topliss-reactive ketones (excluding diaryl/α,β-unsaturated/α-hetero) is 1. The van der Waals surface area contributed by atoms with Gasteiger partial charge in [-0.3, -0.25) is 9.69 Å². The van der Waals surface area contributed by atoms with Crippen LogP contribution in [0.25, 0.3) is 0 Å². The van der Waals surface area contributed by atoms with Crippen molar-refractivity contribution < 1.29 is 19.4 Å². The van der Waals surface area contributed by atoms with Crippen LogP contribution in [0.4, 0.5) is 4.79 Å². The van der Waals surface area contributed by atoms with Gasteiger partial charge in [0.2, 0.25) is 0 Å². The average Bonchev–Trinajstić information content (AvgIpc) is 2.66. The van der Waals surface area contributed by atoms with Gasteiger partial charge in [-0.2, -0.15) is 0 Å². The summed E-state index contributed by atoms with van der Waals surface area (Å²) in [5, 5.41) is 14.6. The monoisotopic (exact) mass is 468 g/mol. The summed E-state index contributed by atoms with van der Waals surface area (Å²) in [6.45, 7) is 10.5. The van der Waals surface area contributed by atoms with E-state index in [0.29, 0.717) is 32.5 Å². The van der Waals surface area contributed by atoms with Gasteiger partial charge in [0.05, 0.1) is 11.5 Å². The number of amides is 1. The van der Waals surface area contributed by atoms with Gasteiger partial charge in [0.1, 0.15) is 11.6 Å². The molecule has 2 rings (SSSR count). The van der Waals surface area contributed by atoms with Crippen molar-refractivity contribution in [1.29, 1.82) is 0 Å². The second kappa shape index (κ2) is 9.58. The van der Waals surface area contributed by atoms with Crippen LogP contribution in [0.15, 0.2) is 28.7 Å². The SMILES string of the molecule is CCC(O)(CC)C(C(=O)C1CNCCN1C(=O)OC(C)(C)C)c1cccc(Br)c1. The number of nitrogens with zero attached hydrogens (tertiary/aromatic N) is 1. The third-order valence-electron chi connectivity index (χ3n) is 5.43. The van der Waals surface area contributed by atoms with Crippen molar-refractivity contribution >= 4 is 27.8 Å². The summed E-state index contributed by atoms with van der Waals surface area (Å²) >= 11 is 3.46. The molecule has 1 heterocycles. The molecule has 0 aliphatic carbocycles. The molecule has 2 unspecified atom stereocenters.